The smallest absolute Gasteiger partial charge is 0.243 e. The van der Waals surface area contributed by atoms with Crippen LogP contribution in [0.5, 0.6) is 0 Å². The summed E-state index contributed by atoms with van der Waals surface area (Å²) in [5.41, 5.74) is 2.03. The van der Waals surface area contributed by atoms with Gasteiger partial charge in [0, 0.05) is 31.6 Å². The van der Waals surface area contributed by atoms with E-state index in [-0.39, 0.29) is 0 Å². The zero-order valence-electron chi connectivity index (χ0n) is 10.1. The Balaban J connectivity index is 1.67. The van der Waals surface area contributed by atoms with Gasteiger partial charge in [-0.15, -0.1) is 5.10 Å². The first-order chi connectivity index (χ1) is 8.81. The lowest BCUT2D eigenvalue weighted by Gasteiger charge is -1.98. The molecule has 0 unspecified atom stereocenters. The minimum Gasteiger partial charge on any atom is -0.352 e. The fraction of sp³-hybridized carbons (Fsp3) is 0.250. The molecule has 0 aliphatic carbocycles. The summed E-state index contributed by atoms with van der Waals surface area (Å²) in [6.45, 7) is 2.79. The highest BCUT2D eigenvalue weighted by atomic mass is 15.3. The molecule has 0 aromatic carbocycles. The number of nitrogens with one attached hydrogen (secondary N) is 2. The monoisotopic (exact) mass is 242 g/mol. The standard InChI is InChI=1S/C12H14N6/c1-9-3-7-18-11(8-9)16-12(17-18)15-4-2-10-13-5-6-14-10/h3,5-8H,2,4H2,1H3,(H,13,14)(H,15,17). The van der Waals surface area contributed by atoms with Gasteiger partial charge in [0.25, 0.3) is 0 Å². The largest absolute Gasteiger partial charge is 0.352 e. The summed E-state index contributed by atoms with van der Waals surface area (Å²) in [5.74, 6) is 1.61. The molecule has 0 aliphatic rings. The molecule has 2 N–H and O–H groups in total. The quantitative estimate of drug-likeness (QED) is 0.725. The molecule has 92 valence electrons. The molecule has 6 nitrogen and oxygen atoms in total. The van der Waals surface area contributed by atoms with Crippen LogP contribution in [0.2, 0.25) is 0 Å². The number of aromatic amines is 1. The molecule has 3 aromatic rings. The van der Waals surface area contributed by atoms with Crippen molar-refractivity contribution in [2.75, 3.05) is 11.9 Å². The van der Waals surface area contributed by atoms with Crippen molar-refractivity contribution in [3.8, 4) is 0 Å². The highest BCUT2D eigenvalue weighted by Gasteiger charge is 2.03. The average molecular weight is 242 g/mol. The Morgan fingerprint density at radius 2 is 2.39 bits per heavy atom. The lowest BCUT2D eigenvalue weighted by Crippen LogP contribution is -2.07. The lowest BCUT2D eigenvalue weighted by molar-refractivity contribution is 0.901. The van der Waals surface area contributed by atoms with Crippen LogP contribution in [0.1, 0.15) is 11.4 Å². The van der Waals surface area contributed by atoms with Crippen LogP contribution in [0.3, 0.4) is 0 Å². The number of aromatic nitrogens is 5. The van der Waals surface area contributed by atoms with Gasteiger partial charge in [-0.1, -0.05) is 0 Å². The lowest BCUT2D eigenvalue weighted by atomic mass is 10.3. The second-order valence-corrected chi connectivity index (χ2v) is 4.15. The van der Waals surface area contributed by atoms with Crippen molar-refractivity contribution in [1.29, 1.82) is 0 Å². The summed E-state index contributed by atoms with van der Waals surface area (Å²) in [6, 6.07) is 4.01. The number of aryl methyl sites for hydroxylation is 1. The Morgan fingerprint density at radius 1 is 1.44 bits per heavy atom. The van der Waals surface area contributed by atoms with Crippen LogP contribution in [0.25, 0.3) is 5.65 Å². The van der Waals surface area contributed by atoms with E-state index in [2.05, 4.69) is 25.4 Å². The normalized spacial score (nSPS) is 10.9. The number of fused-ring (bicyclic) bond motifs is 1. The molecular formula is C12H14N6. The molecule has 0 aliphatic heterocycles. The van der Waals surface area contributed by atoms with Crippen molar-refractivity contribution in [3.05, 3.63) is 42.1 Å². The molecule has 0 atom stereocenters. The summed E-state index contributed by atoms with van der Waals surface area (Å²) < 4.78 is 1.77. The molecule has 6 heteroatoms. The number of imidazole rings is 1. The number of hydrogen-bond donors (Lipinski definition) is 2. The molecule has 3 rings (SSSR count). The molecular weight excluding hydrogens is 228 g/mol. The van der Waals surface area contributed by atoms with Crippen LogP contribution in [0.15, 0.2) is 30.7 Å². The second kappa shape index (κ2) is 4.48. The molecule has 0 spiro atoms. The third kappa shape index (κ3) is 2.17. The van der Waals surface area contributed by atoms with Gasteiger partial charge >= 0.3 is 0 Å². The van der Waals surface area contributed by atoms with Gasteiger partial charge in [0.1, 0.15) is 5.82 Å². The summed E-state index contributed by atoms with van der Waals surface area (Å²) in [7, 11) is 0. The molecule has 0 amide bonds. The zero-order chi connectivity index (χ0) is 12.4. The minimum atomic E-state index is 0.646. The Bertz CT molecular complexity index is 640. The molecule has 3 heterocycles. The van der Waals surface area contributed by atoms with Crippen LogP contribution < -0.4 is 5.32 Å². The van der Waals surface area contributed by atoms with Gasteiger partial charge in [0.15, 0.2) is 5.65 Å². The van der Waals surface area contributed by atoms with Crippen molar-refractivity contribution in [2.45, 2.75) is 13.3 Å². The predicted octanol–water partition coefficient (Wildman–Crippen LogP) is 1.42. The van der Waals surface area contributed by atoms with Crippen LogP contribution in [0, 0.1) is 6.92 Å². The average Bonchev–Trinajstić information content (AvgIpc) is 2.97. The summed E-state index contributed by atoms with van der Waals surface area (Å²) in [4.78, 5) is 11.6. The molecule has 0 bridgehead atoms. The number of pyridine rings is 1. The van der Waals surface area contributed by atoms with E-state index < -0.39 is 0 Å². The minimum absolute atomic E-state index is 0.646. The molecule has 0 saturated carbocycles. The number of H-pyrrole nitrogens is 1. The van der Waals surface area contributed by atoms with Crippen LogP contribution >= 0.6 is 0 Å². The summed E-state index contributed by atoms with van der Waals surface area (Å²) in [5, 5.41) is 7.53. The second-order valence-electron chi connectivity index (χ2n) is 4.15. The van der Waals surface area contributed by atoms with Crippen LogP contribution in [-0.4, -0.2) is 31.1 Å². The van der Waals surface area contributed by atoms with Gasteiger partial charge in [0.2, 0.25) is 5.95 Å². The maximum absolute atomic E-state index is 4.40. The van der Waals surface area contributed by atoms with Gasteiger partial charge < -0.3 is 10.3 Å². The van der Waals surface area contributed by atoms with Gasteiger partial charge in [0.05, 0.1) is 0 Å². The molecule has 3 aromatic heterocycles. The molecule has 18 heavy (non-hydrogen) atoms. The van der Waals surface area contributed by atoms with E-state index in [4.69, 9.17) is 0 Å². The first-order valence-corrected chi connectivity index (χ1v) is 5.86. The SMILES string of the molecule is Cc1ccn2nc(NCCc3ncc[nH]3)nc2c1. The van der Waals surface area contributed by atoms with E-state index in [0.29, 0.717) is 5.95 Å². The van der Waals surface area contributed by atoms with E-state index in [1.807, 2.05) is 31.5 Å². The van der Waals surface area contributed by atoms with Gasteiger partial charge in [-0.05, 0) is 24.6 Å². The van der Waals surface area contributed by atoms with Gasteiger partial charge in [-0.2, -0.15) is 4.98 Å². The first kappa shape index (κ1) is 10.8. The highest BCUT2D eigenvalue weighted by molar-refractivity contribution is 5.45. The van der Waals surface area contributed by atoms with Gasteiger partial charge in [-0.25, -0.2) is 9.50 Å². The number of rotatable bonds is 4. The van der Waals surface area contributed by atoms with E-state index in [1.54, 1.807) is 10.7 Å². The van der Waals surface area contributed by atoms with Crippen LogP contribution in [-0.2, 0) is 6.42 Å². The Kier molecular flexibility index (Phi) is 2.68. The maximum atomic E-state index is 4.40. The fourth-order valence-corrected chi connectivity index (χ4v) is 1.79. The van der Waals surface area contributed by atoms with Crippen molar-refractivity contribution in [2.24, 2.45) is 0 Å². The third-order valence-electron chi connectivity index (χ3n) is 2.69. The van der Waals surface area contributed by atoms with E-state index in [9.17, 15) is 0 Å². The Hall–Kier alpha value is -2.37. The topological polar surface area (TPSA) is 70.9 Å². The van der Waals surface area contributed by atoms with E-state index in [1.165, 1.54) is 5.56 Å². The first-order valence-electron chi connectivity index (χ1n) is 5.86. The Morgan fingerprint density at radius 3 is 3.22 bits per heavy atom. The zero-order valence-corrected chi connectivity index (χ0v) is 10.1. The van der Waals surface area contributed by atoms with E-state index in [0.717, 1.165) is 24.4 Å². The highest BCUT2D eigenvalue weighted by Crippen LogP contribution is 2.07. The summed E-state index contributed by atoms with van der Waals surface area (Å²) >= 11 is 0. The number of anilines is 1. The third-order valence-corrected chi connectivity index (χ3v) is 2.69. The van der Waals surface area contributed by atoms with Crippen molar-refractivity contribution >= 4 is 11.6 Å². The molecule has 0 saturated heterocycles. The molecule has 0 radical (unpaired) electrons. The fourth-order valence-electron chi connectivity index (χ4n) is 1.79. The van der Waals surface area contributed by atoms with Gasteiger partial charge in [-0.3, -0.25) is 0 Å². The number of hydrogen-bond acceptors (Lipinski definition) is 4. The van der Waals surface area contributed by atoms with Crippen molar-refractivity contribution in [3.63, 3.8) is 0 Å². The Labute approximate surface area is 104 Å². The van der Waals surface area contributed by atoms with Crippen molar-refractivity contribution in [1.82, 2.24) is 24.6 Å². The van der Waals surface area contributed by atoms with E-state index >= 15 is 0 Å². The predicted molar refractivity (Wildman–Crippen MR) is 68.5 cm³/mol. The van der Waals surface area contributed by atoms with Crippen LogP contribution in [0.4, 0.5) is 5.95 Å². The summed E-state index contributed by atoms with van der Waals surface area (Å²) in [6.07, 6.45) is 6.31. The maximum Gasteiger partial charge on any atom is 0.243 e. The van der Waals surface area contributed by atoms with Crippen molar-refractivity contribution < 1.29 is 0 Å². The number of nitrogens with zero attached hydrogens (tertiary/aromatic N) is 4. The molecule has 0 fully saturated rings.